The number of rotatable bonds is 17. The number of hydrogen-bond donors (Lipinski definition) is 9. The molecular weight excluding hydrogens is 909 g/mol. The number of phenols is 2. The maximum absolute atomic E-state index is 12.5. The zero-order valence-electron chi connectivity index (χ0n) is 37.1. The highest BCUT2D eigenvalue weighted by Crippen LogP contribution is 2.29. The van der Waals surface area contributed by atoms with Crippen LogP contribution in [0.4, 0.5) is 48.5 Å². The number of aromatic hydroxyl groups is 2. The topological polar surface area (TPSA) is 339 Å². The van der Waals surface area contributed by atoms with Gasteiger partial charge in [0.15, 0.2) is 0 Å². The third kappa shape index (κ3) is 18.9. The molecule has 0 saturated heterocycles. The normalized spacial score (nSPS) is 10.8. The van der Waals surface area contributed by atoms with E-state index >= 15 is 0 Å². The summed E-state index contributed by atoms with van der Waals surface area (Å²) in [5.41, 5.74) is 1.33. The van der Waals surface area contributed by atoms with Gasteiger partial charge < -0.3 is 51.6 Å². The van der Waals surface area contributed by atoms with E-state index in [4.69, 9.17) is 14.7 Å². The number of nitro groups is 2. The lowest BCUT2D eigenvalue weighted by Gasteiger charge is -2.15. The number of phenolic OH excluding ortho intramolecular Hbond substituents is 2. The smallest absolute Gasteiger partial charge is 0.319 e. The third-order valence-corrected chi connectivity index (χ3v) is 9.90. The lowest BCUT2D eigenvalue weighted by Crippen LogP contribution is -2.35. The van der Waals surface area contributed by atoms with Crippen LogP contribution >= 0.6 is 0 Å². The summed E-state index contributed by atoms with van der Waals surface area (Å²) in [5.74, 6) is -0.746. The van der Waals surface area contributed by atoms with E-state index in [9.17, 15) is 53.2 Å². The number of nitrogens with one attached hydrogen (secondary N) is 7. The molecule has 0 aliphatic rings. The summed E-state index contributed by atoms with van der Waals surface area (Å²) < 4.78 is 37.8. The van der Waals surface area contributed by atoms with Crippen molar-refractivity contribution in [1.82, 2.24) is 16.0 Å². The van der Waals surface area contributed by atoms with Crippen LogP contribution in [-0.4, -0.2) is 85.5 Å². The van der Waals surface area contributed by atoms with Crippen LogP contribution in [0.15, 0.2) is 120 Å². The Labute approximate surface area is 390 Å². The van der Waals surface area contributed by atoms with Crippen LogP contribution in [0.25, 0.3) is 0 Å². The number of ether oxygens (including phenoxy) is 2. The molecular formula is C44H50N10O13S. The first-order valence-corrected chi connectivity index (χ1v) is 21.7. The average Bonchev–Trinajstić information content (AvgIpc) is 3.30. The molecule has 360 valence electrons. The molecule has 0 radical (unpaired) electrons. The molecule has 0 saturated carbocycles. The van der Waals surface area contributed by atoms with Crippen molar-refractivity contribution in [2.75, 3.05) is 47.5 Å². The first-order chi connectivity index (χ1) is 32.3. The number of anilines is 4. The van der Waals surface area contributed by atoms with Gasteiger partial charge in [-0.2, -0.15) is 5.26 Å². The first-order valence-electron chi connectivity index (χ1n) is 20.2. The zero-order valence-corrected chi connectivity index (χ0v) is 37.9. The van der Waals surface area contributed by atoms with E-state index in [0.29, 0.717) is 19.8 Å². The van der Waals surface area contributed by atoms with Gasteiger partial charge in [0.1, 0.15) is 11.5 Å². The molecule has 1 unspecified atom stereocenters. The molecule has 1 atom stereocenters. The maximum Gasteiger partial charge on any atom is 0.319 e. The molecule has 0 fully saturated rings. The van der Waals surface area contributed by atoms with Gasteiger partial charge in [-0.1, -0.05) is 48.5 Å². The number of non-ortho nitro benzene ring substituents is 2. The van der Waals surface area contributed by atoms with Gasteiger partial charge in [0, 0.05) is 38.4 Å². The number of hydrogen-bond acceptors (Lipinski definition) is 14. The fraction of sp³-hybridized carbons (Fsp3) is 0.227. The maximum atomic E-state index is 12.5. The lowest BCUT2D eigenvalue weighted by molar-refractivity contribution is -0.385. The van der Waals surface area contributed by atoms with Crippen molar-refractivity contribution < 1.29 is 52.3 Å². The standard InChI is InChI=1S/C17H18N4O3S.C17H19N3O5.C10H13N3O5/c1-12(2)19-17(22)20-15-9-8-13(11-18)10-16(15)21-25(23,24)14-6-4-3-5-7-14;1-12(25-11-13-5-3-2-4-6-13)10-18-17(22)19-15-8-7-14(20(23)24)9-16(15)21;1-18-5-4-11-10(15)12-8-3-2-7(13(16)17)6-9(8)14/h3-10,12,21H,1-2H3,(H2,19,20,22);2-9,12,21H,10-11H2,1H3,(H2,18,19,22);2-3,6,14H,4-5H2,1H3,(H2,11,12,15). The molecule has 0 heterocycles. The number of nitro benzene ring substituents is 2. The number of amides is 6. The number of nitrogens with zero attached hydrogens (tertiary/aromatic N) is 3. The van der Waals surface area contributed by atoms with Crippen LogP contribution in [0.5, 0.6) is 11.5 Å². The Morgan fingerprint density at radius 3 is 1.72 bits per heavy atom. The Hall–Kier alpha value is -8.53. The minimum Gasteiger partial charge on any atom is -0.506 e. The van der Waals surface area contributed by atoms with E-state index in [1.807, 2.05) is 43.3 Å². The highest BCUT2D eigenvalue weighted by atomic mass is 32.2. The molecule has 5 rings (SSSR count). The largest absolute Gasteiger partial charge is 0.506 e. The van der Waals surface area contributed by atoms with Gasteiger partial charge in [-0.25, -0.2) is 22.8 Å². The number of sulfonamides is 1. The number of methoxy groups -OCH3 is 1. The molecule has 5 aromatic carbocycles. The molecule has 0 aliphatic heterocycles. The van der Waals surface area contributed by atoms with Gasteiger partial charge in [-0.3, -0.25) is 25.0 Å². The predicted octanol–water partition coefficient (Wildman–Crippen LogP) is 6.98. The Morgan fingerprint density at radius 1 is 0.706 bits per heavy atom. The highest BCUT2D eigenvalue weighted by molar-refractivity contribution is 7.92. The molecule has 24 heteroatoms. The van der Waals surface area contributed by atoms with E-state index in [2.05, 4.69) is 36.6 Å². The third-order valence-electron chi connectivity index (χ3n) is 8.51. The van der Waals surface area contributed by atoms with Gasteiger partial charge in [-0.05, 0) is 68.8 Å². The van der Waals surface area contributed by atoms with Gasteiger partial charge >= 0.3 is 18.1 Å². The van der Waals surface area contributed by atoms with Crippen molar-refractivity contribution in [2.24, 2.45) is 0 Å². The minimum atomic E-state index is -3.85. The average molecular weight is 959 g/mol. The number of carbonyl (C=O) groups is 3. The number of benzene rings is 5. The van der Waals surface area contributed by atoms with E-state index in [0.717, 1.165) is 17.7 Å². The van der Waals surface area contributed by atoms with Crippen LogP contribution in [0.2, 0.25) is 0 Å². The highest BCUT2D eigenvalue weighted by Gasteiger charge is 2.18. The van der Waals surface area contributed by atoms with Crippen molar-refractivity contribution in [1.29, 1.82) is 5.26 Å². The molecule has 6 amide bonds. The number of urea groups is 3. The van der Waals surface area contributed by atoms with Crippen LogP contribution in [0.1, 0.15) is 31.9 Å². The second-order valence-corrected chi connectivity index (χ2v) is 16.0. The lowest BCUT2D eigenvalue weighted by atomic mass is 10.2. The molecule has 68 heavy (non-hydrogen) atoms. The molecule has 23 nitrogen and oxygen atoms in total. The predicted molar refractivity (Wildman–Crippen MR) is 252 cm³/mol. The van der Waals surface area contributed by atoms with Crippen LogP contribution in [0, 0.1) is 31.6 Å². The summed E-state index contributed by atoms with van der Waals surface area (Å²) in [4.78, 5) is 54.9. The summed E-state index contributed by atoms with van der Waals surface area (Å²) in [6.45, 7) is 6.82. The van der Waals surface area contributed by atoms with Crippen molar-refractivity contribution in [3.05, 3.63) is 147 Å². The molecule has 0 aromatic heterocycles. The van der Waals surface area contributed by atoms with E-state index in [-0.39, 0.29) is 74.8 Å². The Balaban J connectivity index is 0.000000275. The second kappa shape index (κ2) is 27.1. The molecule has 0 spiro atoms. The van der Waals surface area contributed by atoms with E-state index in [1.165, 1.54) is 61.7 Å². The van der Waals surface area contributed by atoms with Crippen molar-refractivity contribution >= 4 is 62.2 Å². The Morgan fingerprint density at radius 2 is 1.22 bits per heavy atom. The molecule has 5 aromatic rings. The summed E-state index contributed by atoms with van der Waals surface area (Å²) in [7, 11) is -2.35. The zero-order chi connectivity index (χ0) is 50.2. The Kier molecular flexibility index (Phi) is 21.4. The van der Waals surface area contributed by atoms with Crippen molar-refractivity contribution in [2.45, 2.75) is 44.4 Å². The van der Waals surface area contributed by atoms with E-state index in [1.54, 1.807) is 32.0 Å². The quantitative estimate of drug-likeness (QED) is 0.0196. The number of carbonyl (C=O) groups excluding carboxylic acids is 3. The summed E-state index contributed by atoms with van der Waals surface area (Å²) in [5, 5.41) is 64.4. The minimum absolute atomic E-state index is 0.0787. The monoisotopic (exact) mass is 958 g/mol. The fourth-order valence-electron chi connectivity index (χ4n) is 5.22. The van der Waals surface area contributed by atoms with Crippen molar-refractivity contribution in [3.63, 3.8) is 0 Å². The van der Waals surface area contributed by atoms with Crippen LogP contribution in [-0.2, 0) is 26.1 Å². The van der Waals surface area contributed by atoms with Gasteiger partial charge in [0.2, 0.25) is 0 Å². The van der Waals surface area contributed by atoms with Crippen LogP contribution in [0.3, 0.4) is 0 Å². The summed E-state index contributed by atoms with van der Waals surface area (Å²) in [6, 6.07) is 29.0. The second-order valence-electron chi connectivity index (χ2n) is 14.3. The van der Waals surface area contributed by atoms with E-state index < -0.39 is 38.0 Å². The molecule has 0 bridgehead atoms. The Bertz CT molecular complexity index is 2650. The SMILES string of the molecule is CC(C)NC(=O)Nc1ccc(C#N)cc1NS(=O)(=O)c1ccccc1.CC(CNC(=O)Nc1ccc([N+](=O)[O-])cc1O)OCc1ccccc1.COCCNC(=O)Nc1ccc([N+](=O)[O-])cc1O. The number of nitriles is 1. The fourth-order valence-corrected chi connectivity index (χ4v) is 6.31. The first kappa shape index (κ1) is 53.8. The van der Waals surface area contributed by atoms with Crippen molar-refractivity contribution in [3.8, 4) is 17.6 Å². The summed E-state index contributed by atoms with van der Waals surface area (Å²) in [6.07, 6.45) is -0.212. The summed E-state index contributed by atoms with van der Waals surface area (Å²) >= 11 is 0. The van der Waals surface area contributed by atoms with Gasteiger partial charge in [-0.15, -0.1) is 0 Å². The molecule has 0 aliphatic carbocycles. The van der Waals surface area contributed by atoms with Gasteiger partial charge in [0.05, 0.1) is 80.6 Å². The van der Waals surface area contributed by atoms with Gasteiger partial charge in [0.25, 0.3) is 21.4 Å². The van der Waals surface area contributed by atoms with Crippen LogP contribution < -0.4 is 36.6 Å². The molecule has 9 N–H and O–H groups in total.